The van der Waals surface area contributed by atoms with Gasteiger partial charge in [0.25, 0.3) is 0 Å². The molecule has 0 aliphatic carbocycles. The van der Waals surface area contributed by atoms with E-state index >= 15 is 0 Å². The molecule has 1 aromatic heterocycles. The quantitative estimate of drug-likeness (QED) is 0.714. The monoisotopic (exact) mass is 262 g/mol. The van der Waals surface area contributed by atoms with Crippen LogP contribution < -0.4 is 0 Å². The Morgan fingerprint density at radius 2 is 2.23 bits per heavy atom. The maximum atomic E-state index is 13.1. The molecule has 2 nitrogen and oxygen atoms in total. The molecule has 0 aliphatic rings. The fourth-order valence-electron chi connectivity index (χ4n) is 1.21. The van der Waals surface area contributed by atoms with Crippen LogP contribution in [0.1, 0.15) is 0 Å². The second-order valence-electron chi connectivity index (χ2n) is 2.67. The van der Waals surface area contributed by atoms with Gasteiger partial charge in [0.1, 0.15) is 5.82 Å². The molecule has 0 saturated heterocycles. The van der Waals surface area contributed by atoms with Crippen LogP contribution in [-0.4, -0.2) is 9.55 Å². The van der Waals surface area contributed by atoms with Gasteiger partial charge in [-0.1, -0.05) is 0 Å². The van der Waals surface area contributed by atoms with Gasteiger partial charge in [0.05, 0.1) is 15.5 Å². The van der Waals surface area contributed by atoms with Crippen molar-refractivity contribution in [2.75, 3.05) is 0 Å². The first-order chi connectivity index (χ1) is 6.11. The second-order valence-corrected chi connectivity index (χ2v) is 3.80. The van der Waals surface area contributed by atoms with Crippen LogP contribution in [-0.2, 0) is 7.05 Å². The third-order valence-corrected chi connectivity index (χ3v) is 2.97. The van der Waals surface area contributed by atoms with Crippen LogP contribution in [0.3, 0.4) is 0 Å². The van der Waals surface area contributed by atoms with Crippen LogP contribution in [0.25, 0.3) is 11.0 Å². The molecule has 5 heteroatoms. The van der Waals surface area contributed by atoms with E-state index in [1.807, 2.05) is 0 Å². The number of imidazole rings is 1. The molecule has 1 aromatic carbocycles. The first-order valence-electron chi connectivity index (χ1n) is 3.57. The normalized spacial score (nSPS) is 11.1. The lowest BCUT2D eigenvalue weighted by Crippen LogP contribution is -1.89. The maximum absolute atomic E-state index is 13.1. The Morgan fingerprint density at radius 1 is 1.54 bits per heavy atom. The van der Waals surface area contributed by atoms with Gasteiger partial charge in [-0.15, -0.1) is 0 Å². The lowest BCUT2D eigenvalue weighted by Gasteiger charge is -1.98. The first kappa shape index (κ1) is 8.97. The van der Waals surface area contributed by atoms with Crippen LogP contribution in [0.15, 0.2) is 16.6 Å². The highest BCUT2D eigenvalue weighted by molar-refractivity contribution is 9.10. The Hall–Kier alpha value is -0.610. The third-order valence-electron chi connectivity index (χ3n) is 1.87. The SMILES string of the molecule is Cn1c(Cl)nc2ccc(F)c(Br)c21. The second kappa shape index (κ2) is 2.96. The molecule has 13 heavy (non-hydrogen) atoms. The van der Waals surface area contributed by atoms with Crippen molar-refractivity contribution in [3.63, 3.8) is 0 Å². The zero-order chi connectivity index (χ0) is 9.59. The van der Waals surface area contributed by atoms with Crippen molar-refractivity contribution in [3.8, 4) is 0 Å². The highest BCUT2D eigenvalue weighted by atomic mass is 79.9. The number of hydrogen-bond donors (Lipinski definition) is 0. The Balaban J connectivity index is 2.97. The number of rotatable bonds is 0. The van der Waals surface area contributed by atoms with E-state index in [0.29, 0.717) is 20.8 Å². The average molecular weight is 263 g/mol. The number of aryl methyl sites for hydroxylation is 1. The molecular formula is C8H5BrClFN2. The highest BCUT2D eigenvalue weighted by Gasteiger charge is 2.11. The van der Waals surface area contributed by atoms with Gasteiger partial charge in [0.2, 0.25) is 5.28 Å². The van der Waals surface area contributed by atoms with E-state index in [9.17, 15) is 4.39 Å². The van der Waals surface area contributed by atoms with E-state index in [4.69, 9.17) is 11.6 Å². The van der Waals surface area contributed by atoms with Crippen molar-refractivity contribution in [3.05, 3.63) is 27.7 Å². The molecule has 1 heterocycles. The van der Waals surface area contributed by atoms with Gasteiger partial charge in [-0.25, -0.2) is 9.37 Å². The fourth-order valence-corrected chi connectivity index (χ4v) is 1.98. The number of nitrogens with zero attached hydrogens (tertiary/aromatic N) is 2. The summed E-state index contributed by atoms with van der Waals surface area (Å²) in [6.45, 7) is 0. The molecule has 0 fully saturated rings. The summed E-state index contributed by atoms with van der Waals surface area (Å²) in [5.74, 6) is -0.313. The highest BCUT2D eigenvalue weighted by Crippen LogP contribution is 2.28. The Labute approximate surface area is 87.5 Å². The number of benzene rings is 1. The van der Waals surface area contributed by atoms with Crippen molar-refractivity contribution in [1.29, 1.82) is 0 Å². The minimum Gasteiger partial charge on any atom is -0.317 e. The summed E-state index contributed by atoms with van der Waals surface area (Å²) in [6.07, 6.45) is 0. The largest absolute Gasteiger partial charge is 0.317 e. The zero-order valence-corrected chi connectivity index (χ0v) is 9.02. The molecule has 0 spiro atoms. The topological polar surface area (TPSA) is 17.8 Å². The Kier molecular flexibility index (Phi) is 2.04. The maximum Gasteiger partial charge on any atom is 0.203 e. The van der Waals surface area contributed by atoms with Gasteiger partial charge < -0.3 is 4.57 Å². The summed E-state index contributed by atoms with van der Waals surface area (Å²) in [5, 5.41) is 0.348. The summed E-state index contributed by atoms with van der Waals surface area (Å²) in [4.78, 5) is 4.05. The van der Waals surface area contributed by atoms with Crippen molar-refractivity contribution >= 4 is 38.6 Å². The van der Waals surface area contributed by atoms with Gasteiger partial charge in [0.15, 0.2) is 0 Å². The molecule has 0 bridgehead atoms. The molecule has 0 atom stereocenters. The van der Waals surface area contributed by atoms with Gasteiger partial charge in [-0.3, -0.25) is 0 Å². The van der Waals surface area contributed by atoms with Crippen molar-refractivity contribution in [1.82, 2.24) is 9.55 Å². The third kappa shape index (κ3) is 1.25. The van der Waals surface area contributed by atoms with Crippen LogP contribution in [0.5, 0.6) is 0 Å². The average Bonchev–Trinajstić information content (AvgIpc) is 2.37. The van der Waals surface area contributed by atoms with E-state index < -0.39 is 0 Å². The van der Waals surface area contributed by atoms with E-state index in [0.717, 1.165) is 0 Å². The van der Waals surface area contributed by atoms with Crippen molar-refractivity contribution in [2.24, 2.45) is 7.05 Å². The van der Waals surface area contributed by atoms with E-state index in [2.05, 4.69) is 20.9 Å². The molecule has 0 unspecified atom stereocenters. The molecule has 2 aromatic rings. The Morgan fingerprint density at radius 3 is 2.92 bits per heavy atom. The summed E-state index contributed by atoms with van der Waals surface area (Å²) >= 11 is 8.94. The minimum atomic E-state index is -0.313. The standard InChI is InChI=1S/C8H5BrClFN2/c1-13-7-5(12-8(13)10)3-2-4(11)6(7)9/h2-3H,1H3. The molecule has 0 amide bonds. The van der Waals surface area contributed by atoms with Crippen LogP contribution >= 0.6 is 27.5 Å². The number of aromatic nitrogens is 2. The number of hydrogen-bond acceptors (Lipinski definition) is 1. The first-order valence-corrected chi connectivity index (χ1v) is 4.74. The molecule has 2 rings (SSSR count). The molecule has 0 saturated carbocycles. The predicted octanol–water partition coefficient (Wildman–Crippen LogP) is 3.13. The molecule has 68 valence electrons. The van der Waals surface area contributed by atoms with Crippen LogP contribution in [0.4, 0.5) is 4.39 Å². The van der Waals surface area contributed by atoms with Gasteiger partial charge in [-0.2, -0.15) is 0 Å². The van der Waals surface area contributed by atoms with E-state index in [1.54, 1.807) is 17.7 Å². The summed E-state index contributed by atoms with van der Waals surface area (Å²) in [7, 11) is 1.74. The molecule has 0 aliphatic heterocycles. The molecule has 0 N–H and O–H groups in total. The van der Waals surface area contributed by atoms with Crippen LogP contribution in [0.2, 0.25) is 5.28 Å². The Bertz CT molecular complexity index is 480. The van der Waals surface area contributed by atoms with Crippen LogP contribution in [0, 0.1) is 5.82 Å². The lowest BCUT2D eigenvalue weighted by molar-refractivity contribution is 0.622. The van der Waals surface area contributed by atoms with E-state index in [-0.39, 0.29) is 5.82 Å². The lowest BCUT2D eigenvalue weighted by atomic mass is 10.3. The molecule has 0 radical (unpaired) electrons. The predicted molar refractivity (Wildman–Crippen MR) is 53.4 cm³/mol. The summed E-state index contributed by atoms with van der Waals surface area (Å²) in [5.41, 5.74) is 1.35. The van der Waals surface area contributed by atoms with Gasteiger partial charge in [0, 0.05) is 7.05 Å². The van der Waals surface area contributed by atoms with Crippen molar-refractivity contribution in [2.45, 2.75) is 0 Å². The summed E-state index contributed by atoms with van der Waals surface area (Å²) in [6, 6.07) is 2.96. The smallest absolute Gasteiger partial charge is 0.203 e. The van der Waals surface area contributed by atoms with Gasteiger partial charge >= 0.3 is 0 Å². The number of halogens is 3. The zero-order valence-electron chi connectivity index (χ0n) is 6.68. The van der Waals surface area contributed by atoms with Gasteiger partial charge in [-0.05, 0) is 39.7 Å². The fraction of sp³-hybridized carbons (Fsp3) is 0.125. The molecular weight excluding hydrogens is 258 g/mol. The van der Waals surface area contributed by atoms with Crippen molar-refractivity contribution < 1.29 is 4.39 Å². The summed E-state index contributed by atoms with van der Waals surface area (Å²) < 4.78 is 15.1. The number of fused-ring (bicyclic) bond motifs is 1. The minimum absolute atomic E-state index is 0.313. The van der Waals surface area contributed by atoms with E-state index in [1.165, 1.54) is 6.07 Å².